The van der Waals surface area contributed by atoms with Crippen LogP contribution in [0.5, 0.6) is 0 Å². The third kappa shape index (κ3) is 2.41. The Hall–Kier alpha value is -1.25. The molecule has 0 aliphatic heterocycles. The Morgan fingerprint density at radius 3 is 2.80 bits per heavy atom. The zero-order valence-electron chi connectivity index (χ0n) is 7.32. The molecule has 4 nitrogen and oxygen atoms in total. The number of aromatic amines is 1. The quantitative estimate of drug-likeness (QED) is 0.499. The topological polar surface area (TPSA) is 54.5 Å². The Bertz CT molecular complexity index is 471. The molecule has 9 heteroatoms. The zero-order chi connectivity index (χ0) is 10.9. The molecule has 0 saturated heterocycles. The summed E-state index contributed by atoms with van der Waals surface area (Å²) in [7, 11) is 0. The van der Waals surface area contributed by atoms with Crippen molar-refractivity contribution in [3.05, 3.63) is 12.7 Å². The molecule has 0 fully saturated rings. The molecule has 0 aliphatic carbocycles. The van der Waals surface area contributed by atoms with E-state index in [9.17, 15) is 12.9 Å². The standard InChI is InChI=1S/C6H5BF3N4S/c8-7(9,10)1-15-6-4-5(12-2-11-4)13-3-14-6/h2-3H,1H2,(H,11,12,13,14)/q-1. The highest BCUT2D eigenvalue weighted by atomic mass is 32.2. The van der Waals surface area contributed by atoms with Crippen LogP contribution in [-0.4, -0.2) is 32.6 Å². The summed E-state index contributed by atoms with van der Waals surface area (Å²) in [6.07, 6.45) is 2.58. The summed E-state index contributed by atoms with van der Waals surface area (Å²) in [4.78, 5) is 14.1. The van der Waals surface area contributed by atoms with Crippen molar-refractivity contribution in [2.45, 2.75) is 5.03 Å². The number of hydrogen-bond donors (Lipinski definition) is 1. The van der Waals surface area contributed by atoms with Crippen molar-refractivity contribution >= 4 is 29.9 Å². The lowest BCUT2D eigenvalue weighted by molar-refractivity contribution is 0.485. The van der Waals surface area contributed by atoms with Crippen LogP contribution in [0.3, 0.4) is 0 Å². The van der Waals surface area contributed by atoms with Crippen LogP contribution in [0, 0.1) is 0 Å². The van der Waals surface area contributed by atoms with Crippen LogP contribution in [0.1, 0.15) is 0 Å². The van der Waals surface area contributed by atoms with Crippen LogP contribution in [0.4, 0.5) is 12.9 Å². The van der Waals surface area contributed by atoms with Gasteiger partial charge in [0.05, 0.1) is 6.33 Å². The summed E-state index contributed by atoms with van der Waals surface area (Å²) in [5, 5.41) is 0.275. The highest BCUT2D eigenvalue weighted by Gasteiger charge is 2.23. The highest BCUT2D eigenvalue weighted by Crippen LogP contribution is 2.26. The van der Waals surface area contributed by atoms with Crippen molar-refractivity contribution in [2.24, 2.45) is 0 Å². The fraction of sp³-hybridized carbons (Fsp3) is 0.167. The maximum absolute atomic E-state index is 12.0. The molecule has 1 N–H and O–H groups in total. The van der Waals surface area contributed by atoms with E-state index in [1.54, 1.807) is 0 Å². The van der Waals surface area contributed by atoms with Gasteiger partial charge in [0, 0.05) is 0 Å². The largest absolute Gasteiger partial charge is 0.488 e. The second-order valence-electron chi connectivity index (χ2n) is 2.80. The second-order valence-corrected chi connectivity index (χ2v) is 3.81. The molecule has 0 spiro atoms. The van der Waals surface area contributed by atoms with Crippen LogP contribution in [0.2, 0.25) is 0 Å². The molecule has 80 valence electrons. The SMILES string of the molecule is F[B-](F)(F)CSc1ncnc2nc[nH]c12. The molecule has 2 aromatic rings. The van der Waals surface area contributed by atoms with Crippen LogP contribution in [0.15, 0.2) is 17.7 Å². The zero-order valence-corrected chi connectivity index (χ0v) is 8.14. The molecule has 0 amide bonds. The van der Waals surface area contributed by atoms with Crippen molar-refractivity contribution in [3.63, 3.8) is 0 Å². The monoisotopic (exact) mass is 233 g/mol. The molecule has 0 radical (unpaired) electrons. The van der Waals surface area contributed by atoms with E-state index >= 15 is 0 Å². The first-order valence-corrected chi connectivity index (χ1v) is 5.03. The van der Waals surface area contributed by atoms with Crippen molar-refractivity contribution in [1.29, 1.82) is 0 Å². The first-order chi connectivity index (χ1) is 7.06. The van der Waals surface area contributed by atoms with E-state index in [0.717, 1.165) is 0 Å². The van der Waals surface area contributed by atoms with Crippen molar-refractivity contribution < 1.29 is 12.9 Å². The van der Waals surface area contributed by atoms with E-state index in [2.05, 4.69) is 19.9 Å². The number of fused-ring (bicyclic) bond motifs is 1. The van der Waals surface area contributed by atoms with Gasteiger partial charge in [0.1, 0.15) is 16.9 Å². The molecule has 0 atom stereocenters. The Kier molecular flexibility index (Phi) is 2.55. The average Bonchev–Trinajstić information content (AvgIpc) is 2.61. The number of hydrogen-bond acceptors (Lipinski definition) is 4. The van der Waals surface area contributed by atoms with E-state index in [4.69, 9.17) is 0 Å². The third-order valence-electron chi connectivity index (χ3n) is 1.60. The minimum atomic E-state index is -4.81. The van der Waals surface area contributed by atoms with Crippen molar-refractivity contribution in [2.75, 3.05) is 5.65 Å². The van der Waals surface area contributed by atoms with Gasteiger partial charge in [0.25, 0.3) is 0 Å². The van der Waals surface area contributed by atoms with Crippen molar-refractivity contribution in [3.8, 4) is 0 Å². The van der Waals surface area contributed by atoms with E-state index in [0.29, 0.717) is 22.9 Å². The summed E-state index contributed by atoms with van der Waals surface area (Å²) in [5.74, 6) is 0. The number of H-pyrrole nitrogens is 1. The number of nitrogens with zero attached hydrogens (tertiary/aromatic N) is 3. The summed E-state index contributed by atoms with van der Waals surface area (Å²) in [6, 6.07) is 0. The van der Waals surface area contributed by atoms with Gasteiger partial charge in [-0.1, -0.05) is 0 Å². The smallest absolute Gasteiger partial charge is 0.448 e. The van der Waals surface area contributed by atoms with E-state index < -0.39 is 12.6 Å². The number of imidazole rings is 1. The maximum atomic E-state index is 12.0. The first-order valence-electron chi connectivity index (χ1n) is 4.04. The fourth-order valence-electron chi connectivity index (χ4n) is 1.03. The highest BCUT2D eigenvalue weighted by molar-refractivity contribution is 8.00. The molecule has 0 unspecified atom stereocenters. The summed E-state index contributed by atoms with van der Waals surface area (Å²) < 4.78 is 36.1. The lowest BCUT2D eigenvalue weighted by Crippen LogP contribution is -2.19. The number of aromatic nitrogens is 4. The van der Waals surface area contributed by atoms with Gasteiger partial charge in [-0.05, 0) is 5.65 Å². The minimum absolute atomic E-state index is 0.275. The molecule has 0 saturated carbocycles. The molecule has 0 bridgehead atoms. The number of nitrogens with one attached hydrogen (secondary N) is 1. The lowest BCUT2D eigenvalue weighted by atomic mass is 9.98. The molecular formula is C6H5BF3N4S-. The van der Waals surface area contributed by atoms with Gasteiger partial charge in [0.2, 0.25) is 0 Å². The van der Waals surface area contributed by atoms with Crippen molar-refractivity contribution in [1.82, 2.24) is 19.9 Å². The van der Waals surface area contributed by atoms with Gasteiger partial charge in [-0.3, -0.25) is 0 Å². The van der Waals surface area contributed by atoms with E-state index in [1.807, 2.05) is 0 Å². The third-order valence-corrected chi connectivity index (χ3v) is 2.72. The Morgan fingerprint density at radius 1 is 1.27 bits per heavy atom. The van der Waals surface area contributed by atoms with E-state index in [1.165, 1.54) is 12.7 Å². The molecule has 0 aromatic carbocycles. The summed E-state index contributed by atoms with van der Waals surface area (Å²) >= 11 is 0.642. The van der Waals surface area contributed by atoms with E-state index in [-0.39, 0.29) is 5.03 Å². The van der Waals surface area contributed by atoms with Crippen LogP contribution >= 0.6 is 11.8 Å². The minimum Gasteiger partial charge on any atom is -0.448 e. The summed E-state index contributed by atoms with van der Waals surface area (Å²) in [5.41, 5.74) is -0.0878. The summed E-state index contributed by atoms with van der Waals surface area (Å²) in [6.45, 7) is -4.81. The van der Waals surface area contributed by atoms with Crippen LogP contribution in [0.25, 0.3) is 11.2 Å². The molecule has 2 heterocycles. The number of halogens is 3. The fourth-order valence-corrected chi connectivity index (χ4v) is 1.79. The number of thioether (sulfide) groups is 1. The maximum Gasteiger partial charge on any atom is 0.488 e. The van der Waals surface area contributed by atoms with Gasteiger partial charge in [-0.15, -0.1) is 11.8 Å². The predicted molar refractivity (Wildman–Crippen MR) is 51.5 cm³/mol. The van der Waals surface area contributed by atoms with Gasteiger partial charge < -0.3 is 17.9 Å². The predicted octanol–water partition coefficient (Wildman–Crippen LogP) is 1.83. The molecule has 2 rings (SSSR count). The second kappa shape index (κ2) is 3.72. The molecular weight excluding hydrogens is 228 g/mol. The Labute approximate surface area is 86.8 Å². The molecule has 0 aliphatic rings. The Morgan fingerprint density at radius 2 is 2.07 bits per heavy atom. The van der Waals surface area contributed by atoms with Crippen LogP contribution < -0.4 is 0 Å². The van der Waals surface area contributed by atoms with Gasteiger partial charge in [-0.2, -0.15) is 0 Å². The van der Waals surface area contributed by atoms with Gasteiger partial charge in [0.15, 0.2) is 5.65 Å². The average molecular weight is 233 g/mol. The Balaban J connectivity index is 2.24. The normalized spacial score (nSPS) is 12.2. The molecule has 15 heavy (non-hydrogen) atoms. The van der Waals surface area contributed by atoms with Gasteiger partial charge >= 0.3 is 6.98 Å². The molecule has 2 aromatic heterocycles. The van der Waals surface area contributed by atoms with Gasteiger partial charge in [-0.25, -0.2) is 15.0 Å². The first kappa shape index (κ1) is 10.3. The number of rotatable bonds is 3. The van der Waals surface area contributed by atoms with Crippen LogP contribution in [-0.2, 0) is 0 Å². The lowest BCUT2D eigenvalue weighted by Gasteiger charge is -2.11.